The maximum atomic E-state index is 12.4. The van der Waals surface area contributed by atoms with Gasteiger partial charge < -0.3 is 10.4 Å². The lowest BCUT2D eigenvalue weighted by molar-refractivity contribution is 0.0910. The number of aliphatic hydroxyl groups excluding tert-OH is 1. The van der Waals surface area contributed by atoms with Gasteiger partial charge in [-0.25, -0.2) is 0 Å². The second-order valence-electron chi connectivity index (χ2n) is 6.26. The number of hydrogen-bond donors (Lipinski definition) is 2. The van der Waals surface area contributed by atoms with Crippen LogP contribution in [0.2, 0.25) is 0 Å². The van der Waals surface area contributed by atoms with E-state index in [9.17, 15) is 4.79 Å². The van der Waals surface area contributed by atoms with Crippen molar-refractivity contribution in [3.8, 4) is 11.8 Å². The van der Waals surface area contributed by atoms with Crippen LogP contribution in [0.1, 0.15) is 55.5 Å². The van der Waals surface area contributed by atoms with Crippen molar-refractivity contribution in [2.75, 3.05) is 6.61 Å². The minimum atomic E-state index is -0.0271. The van der Waals surface area contributed by atoms with Gasteiger partial charge in [-0.2, -0.15) is 0 Å². The summed E-state index contributed by atoms with van der Waals surface area (Å²) in [7, 11) is 0. The first kappa shape index (κ1) is 15.6. The van der Waals surface area contributed by atoms with Gasteiger partial charge in [-0.1, -0.05) is 38.2 Å². The number of hydrogen-bond acceptors (Lipinski definition) is 2. The average molecular weight is 285 g/mol. The van der Waals surface area contributed by atoms with Crippen molar-refractivity contribution in [3.05, 3.63) is 35.4 Å². The van der Waals surface area contributed by atoms with Gasteiger partial charge in [0.15, 0.2) is 0 Å². The van der Waals surface area contributed by atoms with Crippen LogP contribution in [0.15, 0.2) is 24.3 Å². The summed E-state index contributed by atoms with van der Waals surface area (Å²) in [6.45, 7) is 4.48. The predicted molar refractivity (Wildman–Crippen MR) is 83.9 cm³/mol. The SMILES string of the molecule is CC1(C)CCCC1NC(=O)c1cccc(C#CCCO)c1. The summed E-state index contributed by atoms with van der Waals surface area (Å²) in [6.07, 6.45) is 3.83. The first-order chi connectivity index (χ1) is 10.0. The molecule has 1 atom stereocenters. The molecule has 2 rings (SSSR count). The highest BCUT2D eigenvalue weighted by atomic mass is 16.2. The number of nitrogens with one attached hydrogen (secondary N) is 1. The maximum Gasteiger partial charge on any atom is 0.251 e. The summed E-state index contributed by atoms with van der Waals surface area (Å²) in [4.78, 5) is 12.4. The molecule has 1 aliphatic rings. The molecular weight excluding hydrogens is 262 g/mol. The van der Waals surface area contributed by atoms with Gasteiger partial charge in [-0.15, -0.1) is 0 Å². The molecule has 0 saturated heterocycles. The highest BCUT2D eigenvalue weighted by Crippen LogP contribution is 2.37. The third-order valence-corrected chi connectivity index (χ3v) is 4.16. The van der Waals surface area contributed by atoms with Crippen LogP contribution < -0.4 is 5.32 Å². The Balaban J connectivity index is 2.06. The zero-order chi connectivity index (χ0) is 15.3. The zero-order valence-corrected chi connectivity index (χ0v) is 12.8. The standard InChI is InChI=1S/C18H23NO2/c1-18(2)11-6-10-16(18)19-17(21)15-9-5-8-14(13-15)7-3-4-12-20/h5,8-9,13,16,20H,4,6,10-12H2,1-2H3,(H,19,21). The van der Waals surface area contributed by atoms with Crippen molar-refractivity contribution in [2.45, 2.75) is 45.6 Å². The molecular formula is C18H23NO2. The molecule has 0 aliphatic heterocycles. The van der Waals surface area contributed by atoms with E-state index in [4.69, 9.17) is 5.11 Å². The fourth-order valence-corrected chi connectivity index (χ4v) is 2.79. The lowest BCUT2D eigenvalue weighted by Gasteiger charge is -2.27. The third kappa shape index (κ3) is 4.09. The molecule has 1 aromatic rings. The van der Waals surface area contributed by atoms with E-state index < -0.39 is 0 Å². The van der Waals surface area contributed by atoms with E-state index in [1.165, 1.54) is 6.42 Å². The molecule has 0 aromatic heterocycles. The Morgan fingerprint density at radius 3 is 2.95 bits per heavy atom. The van der Waals surface area contributed by atoms with Crippen molar-refractivity contribution in [1.82, 2.24) is 5.32 Å². The Kier molecular flexibility index (Phi) is 5.03. The molecule has 1 aromatic carbocycles. The van der Waals surface area contributed by atoms with E-state index in [0.29, 0.717) is 12.0 Å². The minimum Gasteiger partial charge on any atom is -0.395 e. The molecule has 2 N–H and O–H groups in total. The maximum absolute atomic E-state index is 12.4. The van der Waals surface area contributed by atoms with Crippen LogP contribution >= 0.6 is 0 Å². The molecule has 0 bridgehead atoms. The Morgan fingerprint density at radius 2 is 2.29 bits per heavy atom. The molecule has 3 heteroatoms. The summed E-state index contributed by atoms with van der Waals surface area (Å²) >= 11 is 0. The molecule has 0 radical (unpaired) electrons. The quantitative estimate of drug-likeness (QED) is 0.839. The zero-order valence-electron chi connectivity index (χ0n) is 12.8. The molecule has 1 saturated carbocycles. The van der Waals surface area contributed by atoms with Crippen LogP contribution in [0.25, 0.3) is 0 Å². The van der Waals surface area contributed by atoms with Crippen LogP contribution in [-0.2, 0) is 0 Å². The third-order valence-electron chi connectivity index (χ3n) is 4.16. The molecule has 0 spiro atoms. The molecule has 1 unspecified atom stereocenters. The average Bonchev–Trinajstić information content (AvgIpc) is 2.78. The van der Waals surface area contributed by atoms with Crippen molar-refractivity contribution < 1.29 is 9.90 Å². The van der Waals surface area contributed by atoms with Gasteiger partial charge in [0.25, 0.3) is 5.91 Å². The molecule has 112 valence electrons. The number of carbonyl (C=O) groups excluding carboxylic acids is 1. The van der Waals surface area contributed by atoms with E-state index in [-0.39, 0.29) is 24.0 Å². The van der Waals surface area contributed by atoms with E-state index in [1.54, 1.807) is 0 Å². The van der Waals surface area contributed by atoms with Crippen molar-refractivity contribution in [2.24, 2.45) is 5.41 Å². The first-order valence-corrected chi connectivity index (χ1v) is 7.53. The van der Waals surface area contributed by atoms with Crippen LogP contribution in [0.3, 0.4) is 0 Å². The summed E-state index contributed by atoms with van der Waals surface area (Å²) in [5.74, 6) is 5.81. The van der Waals surface area contributed by atoms with E-state index in [2.05, 4.69) is 31.0 Å². The monoisotopic (exact) mass is 285 g/mol. The Labute approximate surface area is 126 Å². The van der Waals surface area contributed by atoms with Crippen molar-refractivity contribution >= 4 is 5.91 Å². The summed E-state index contributed by atoms with van der Waals surface area (Å²) in [5.41, 5.74) is 1.63. The molecule has 21 heavy (non-hydrogen) atoms. The van der Waals surface area contributed by atoms with Gasteiger partial charge in [0.05, 0.1) is 6.61 Å². The van der Waals surface area contributed by atoms with Gasteiger partial charge in [-0.05, 0) is 36.5 Å². The summed E-state index contributed by atoms with van der Waals surface area (Å²) in [5, 5.41) is 11.9. The lowest BCUT2D eigenvalue weighted by Crippen LogP contribution is -2.41. The Bertz CT molecular complexity index is 566. The highest BCUT2D eigenvalue weighted by Gasteiger charge is 2.35. The van der Waals surface area contributed by atoms with Crippen LogP contribution in [0, 0.1) is 17.3 Å². The molecule has 3 nitrogen and oxygen atoms in total. The van der Waals surface area contributed by atoms with Crippen LogP contribution in [-0.4, -0.2) is 23.7 Å². The highest BCUT2D eigenvalue weighted by molar-refractivity contribution is 5.94. The predicted octanol–water partition coefficient (Wildman–Crippen LogP) is 2.73. The normalized spacial score (nSPS) is 19.7. The second kappa shape index (κ2) is 6.78. The molecule has 0 heterocycles. The van der Waals surface area contributed by atoms with Crippen molar-refractivity contribution in [1.29, 1.82) is 0 Å². The van der Waals surface area contributed by atoms with Gasteiger partial charge in [0.2, 0.25) is 0 Å². The lowest BCUT2D eigenvalue weighted by atomic mass is 9.87. The smallest absolute Gasteiger partial charge is 0.251 e. The first-order valence-electron chi connectivity index (χ1n) is 7.53. The number of benzene rings is 1. The van der Waals surface area contributed by atoms with E-state index in [0.717, 1.165) is 18.4 Å². The number of carbonyl (C=O) groups is 1. The minimum absolute atomic E-state index is 0.0271. The van der Waals surface area contributed by atoms with E-state index >= 15 is 0 Å². The van der Waals surface area contributed by atoms with Crippen LogP contribution in [0.4, 0.5) is 0 Å². The molecule has 1 fully saturated rings. The largest absolute Gasteiger partial charge is 0.395 e. The Hall–Kier alpha value is -1.79. The fraction of sp³-hybridized carbons (Fsp3) is 0.500. The topological polar surface area (TPSA) is 49.3 Å². The Morgan fingerprint density at radius 1 is 1.48 bits per heavy atom. The molecule has 1 amide bonds. The van der Waals surface area contributed by atoms with Gasteiger partial charge in [0, 0.05) is 23.6 Å². The second-order valence-corrected chi connectivity index (χ2v) is 6.26. The van der Waals surface area contributed by atoms with Gasteiger partial charge in [0.1, 0.15) is 0 Å². The number of aliphatic hydroxyl groups is 1. The van der Waals surface area contributed by atoms with Gasteiger partial charge in [-0.3, -0.25) is 4.79 Å². The molecule has 1 aliphatic carbocycles. The number of rotatable bonds is 3. The summed E-state index contributed by atoms with van der Waals surface area (Å²) in [6, 6.07) is 7.59. The van der Waals surface area contributed by atoms with Crippen molar-refractivity contribution in [3.63, 3.8) is 0 Å². The number of amides is 1. The van der Waals surface area contributed by atoms with E-state index in [1.807, 2.05) is 24.3 Å². The van der Waals surface area contributed by atoms with Gasteiger partial charge >= 0.3 is 0 Å². The summed E-state index contributed by atoms with van der Waals surface area (Å²) < 4.78 is 0. The fourth-order valence-electron chi connectivity index (χ4n) is 2.79. The van der Waals surface area contributed by atoms with Crippen LogP contribution in [0.5, 0.6) is 0 Å².